The molecule has 0 aliphatic rings. The summed E-state index contributed by atoms with van der Waals surface area (Å²) >= 11 is 0. The maximum Gasteiger partial charge on any atom is 0.331 e. The molecule has 1 rings (SSSR count). The molecule has 4 heteroatoms. The molecule has 0 bridgehead atoms. The van der Waals surface area contributed by atoms with E-state index in [0.717, 1.165) is 0 Å². The van der Waals surface area contributed by atoms with E-state index in [1.807, 2.05) is 0 Å². The fourth-order valence-electron chi connectivity index (χ4n) is 0.819. The number of hydrogen-bond acceptors (Lipinski definition) is 3. The zero-order valence-corrected chi connectivity index (χ0v) is 7.00. The minimum Gasteiger partial charge on any atom is -0.480 e. The van der Waals surface area contributed by atoms with E-state index in [1.165, 1.54) is 6.92 Å². The van der Waals surface area contributed by atoms with Crippen molar-refractivity contribution >= 4 is 5.97 Å². The third kappa shape index (κ3) is 1.33. The lowest BCUT2D eigenvalue weighted by atomic mass is 10.0. The minimum absolute atomic E-state index is 0.271. The van der Waals surface area contributed by atoms with Crippen LogP contribution in [0.15, 0.2) is 16.5 Å². The van der Waals surface area contributed by atoms with Gasteiger partial charge in [0.1, 0.15) is 11.5 Å². The van der Waals surface area contributed by atoms with Gasteiger partial charge in [-0.05, 0) is 26.0 Å². The Morgan fingerprint density at radius 1 is 1.67 bits per heavy atom. The highest BCUT2D eigenvalue weighted by Crippen LogP contribution is 2.20. The SMILES string of the molecule is Cc1ccc(C(C)(N)C(=O)O)o1. The van der Waals surface area contributed by atoms with Crippen molar-refractivity contribution < 1.29 is 14.3 Å². The monoisotopic (exact) mass is 169 g/mol. The number of carboxylic acid groups (broad SMARTS) is 1. The summed E-state index contributed by atoms with van der Waals surface area (Å²) in [5, 5.41) is 8.72. The van der Waals surface area contributed by atoms with E-state index in [2.05, 4.69) is 0 Å². The van der Waals surface area contributed by atoms with Gasteiger partial charge in [0.15, 0.2) is 5.54 Å². The lowest BCUT2D eigenvalue weighted by Crippen LogP contribution is -2.41. The molecule has 0 radical (unpaired) electrons. The highest BCUT2D eigenvalue weighted by molar-refractivity contribution is 5.78. The fraction of sp³-hybridized carbons (Fsp3) is 0.375. The second-order valence-electron chi connectivity index (χ2n) is 2.92. The molecule has 0 amide bonds. The van der Waals surface area contributed by atoms with Gasteiger partial charge in [-0.25, -0.2) is 4.79 Å². The van der Waals surface area contributed by atoms with E-state index in [-0.39, 0.29) is 5.76 Å². The maximum absolute atomic E-state index is 10.6. The van der Waals surface area contributed by atoms with Crippen molar-refractivity contribution in [1.82, 2.24) is 0 Å². The predicted molar refractivity (Wildman–Crippen MR) is 42.6 cm³/mol. The molecule has 0 aliphatic carbocycles. The Kier molecular flexibility index (Phi) is 1.94. The molecule has 0 saturated heterocycles. The number of carboxylic acids is 1. The smallest absolute Gasteiger partial charge is 0.331 e. The van der Waals surface area contributed by atoms with E-state index < -0.39 is 11.5 Å². The Morgan fingerprint density at radius 3 is 2.58 bits per heavy atom. The first-order valence-corrected chi connectivity index (χ1v) is 3.54. The molecule has 66 valence electrons. The molecule has 0 aliphatic heterocycles. The van der Waals surface area contributed by atoms with Crippen molar-refractivity contribution in [2.45, 2.75) is 19.4 Å². The van der Waals surface area contributed by atoms with Gasteiger partial charge in [-0.1, -0.05) is 0 Å². The van der Waals surface area contributed by atoms with Crippen LogP contribution >= 0.6 is 0 Å². The van der Waals surface area contributed by atoms with Gasteiger partial charge in [0.2, 0.25) is 0 Å². The molecule has 0 fully saturated rings. The first-order chi connectivity index (χ1) is 5.44. The number of rotatable bonds is 2. The van der Waals surface area contributed by atoms with Crippen LogP contribution in [0.1, 0.15) is 18.4 Å². The number of aliphatic carboxylic acids is 1. The Bertz CT molecular complexity index is 301. The molecule has 0 spiro atoms. The molecule has 12 heavy (non-hydrogen) atoms. The van der Waals surface area contributed by atoms with Crippen molar-refractivity contribution in [2.75, 3.05) is 0 Å². The molecule has 1 aromatic heterocycles. The first kappa shape index (κ1) is 8.80. The van der Waals surface area contributed by atoms with Crippen LogP contribution < -0.4 is 5.73 Å². The van der Waals surface area contributed by atoms with Gasteiger partial charge < -0.3 is 15.3 Å². The average molecular weight is 169 g/mol. The van der Waals surface area contributed by atoms with E-state index in [4.69, 9.17) is 15.3 Å². The summed E-state index contributed by atoms with van der Waals surface area (Å²) in [6, 6.07) is 3.26. The summed E-state index contributed by atoms with van der Waals surface area (Å²) in [5.74, 6) is -0.174. The summed E-state index contributed by atoms with van der Waals surface area (Å²) in [7, 11) is 0. The molecule has 0 saturated carbocycles. The Labute approximate surface area is 70.0 Å². The van der Waals surface area contributed by atoms with Crippen molar-refractivity contribution in [3.05, 3.63) is 23.7 Å². The van der Waals surface area contributed by atoms with Crippen LogP contribution in [-0.4, -0.2) is 11.1 Å². The van der Waals surface area contributed by atoms with Gasteiger partial charge in [-0.3, -0.25) is 0 Å². The van der Waals surface area contributed by atoms with Crippen LogP contribution in [0, 0.1) is 6.92 Å². The lowest BCUT2D eigenvalue weighted by molar-refractivity contribution is -0.143. The third-order valence-corrected chi connectivity index (χ3v) is 1.70. The maximum atomic E-state index is 10.6. The molecule has 1 atom stereocenters. The summed E-state index contributed by atoms with van der Waals surface area (Å²) in [5.41, 5.74) is 4.06. The summed E-state index contributed by atoms with van der Waals surface area (Å²) in [4.78, 5) is 10.6. The van der Waals surface area contributed by atoms with E-state index in [0.29, 0.717) is 5.76 Å². The standard InChI is InChI=1S/C8H11NO3/c1-5-3-4-6(12-5)8(2,9)7(10)11/h3-4H,9H2,1-2H3,(H,10,11). The van der Waals surface area contributed by atoms with Gasteiger partial charge in [0.05, 0.1) is 0 Å². The Balaban J connectivity index is 3.05. The number of aryl methyl sites for hydroxylation is 1. The zero-order valence-electron chi connectivity index (χ0n) is 7.00. The van der Waals surface area contributed by atoms with Crippen LogP contribution in [0.25, 0.3) is 0 Å². The summed E-state index contributed by atoms with van der Waals surface area (Å²) in [6.45, 7) is 3.13. The fourth-order valence-corrected chi connectivity index (χ4v) is 0.819. The second-order valence-corrected chi connectivity index (χ2v) is 2.92. The van der Waals surface area contributed by atoms with E-state index in [9.17, 15) is 4.79 Å². The number of nitrogens with two attached hydrogens (primary N) is 1. The number of carbonyl (C=O) groups is 1. The molecule has 1 aromatic rings. The highest BCUT2D eigenvalue weighted by Gasteiger charge is 2.33. The third-order valence-electron chi connectivity index (χ3n) is 1.70. The first-order valence-electron chi connectivity index (χ1n) is 3.54. The second kappa shape index (κ2) is 2.64. The molecule has 1 heterocycles. The average Bonchev–Trinajstić information content (AvgIpc) is 2.35. The molecule has 4 nitrogen and oxygen atoms in total. The van der Waals surface area contributed by atoms with Crippen LogP contribution in [0.2, 0.25) is 0 Å². The predicted octanol–water partition coefficient (Wildman–Crippen LogP) is 0.847. The van der Waals surface area contributed by atoms with Crippen LogP contribution in [0.4, 0.5) is 0 Å². The van der Waals surface area contributed by atoms with Crippen LogP contribution in [0.3, 0.4) is 0 Å². The van der Waals surface area contributed by atoms with Gasteiger partial charge >= 0.3 is 5.97 Å². The number of hydrogen-bond donors (Lipinski definition) is 2. The zero-order chi connectivity index (χ0) is 9.35. The Hall–Kier alpha value is -1.29. The quantitative estimate of drug-likeness (QED) is 0.688. The molecule has 0 aromatic carbocycles. The minimum atomic E-state index is -1.44. The molecular formula is C8H11NO3. The lowest BCUT2D eigenvalue weighted by Gasteiger charge is -2.15. The largest absolute Gasteiger partial charge is 0.480 e. The molecule has 1 unspecified atom stereocenters. The van der Waals surface area contributed by atoms with Crippen LogP contribution in [0.5, 0.6) is 0 Å². The normalized spacial score (nSPS) is 15.6. The van der Waals surface area contributed by atoms with E-state index in [1.54, 1.807) is 19.1 Å². The molecular weight excluding hydrogens is 158 g/mol. The van der Waals surface area contributed by atoms with Crippen molar-refractivity contribution in [3.63, 3.8) is 0 Å². The van der Waals surface area contributed by atoms with Crippen molar-refractivity contribution in [1.29, 1.82) is 0 Å². The topological polar surface area (TPSA) is 76.5 Å². The van der Waals surface area contributed by atoms with E-state index >= 15 is 0 Å². The van der Waals surface area contributed by atoms with Gasteiger partial charge in [-0.15, -0.1) is 0 Å². The highest BCUT2D eigenvalue weighted by atomic mass is 16.4. The van der Waals surface area contributed by atoms with Crippen LogP contribution in [-0.2, 0) is 10.3 Å². The summed E-state index contributed by atoms with van der Waals surface area (Å²) < 4.78 is 5.10. The van der Waals surface area contributed by atoms with Gasteiger partial charge in [0.25, 0.3) is 0 Å². The summed E-state index contributed by atoms with van der Waals surface area (Å²) in [6.07, 6.45) is 0. The van der Waals surface area contributed by atoms with Gasteiger partial charge in [-0.2, -0.15) is 0 Å². The molecule has 3 N–H and O–H groups in total. The number of furan rings is 1. The van der Waals surface area contributed by atoms with Crippen molar-refractivity contribution in [2.24, 2.45) is 5.73 Å². The Morgan fingerprint density at radius 2 is 2.25 bits per heavy atom. The van der Waals surface area contributed by atoms with Gasteiger partial charge in [0, 0.05) is 0 Å². The van der Waals surface area contributed by atoms with Crippen molar-refractivity contribution in [3.8, 4) is 0 Å².